The second-order valence-corrected chi connectivity index (χ2v) is 5.51. The molecule has 0 radical (unpaired) electrons. The number of halogens is 1. The van der Waals surface area contributed by atoms with E-state index in [1.807, 2.05) is 12.1 Å². The highest BCUT2D eigenvalue weighted by atomic mass is 79.9. The van der Waals surface area contributed by atoms with Gasteiger partial charge >= 0.3 is 0 Å². The summed E-state index contributed by atoms with van der Waals surface area (Å²) in [7, 11) is 0. The van der Waals surface area contributed by atoms with Gasteiger partial charge in [0.15, 0.2) is 0 Å². The number of hydrogen-bond donors (Lipinski definition) is 1. The quantitative estimate of drug-likeness (QED) is 0.874. The van der Waals surface area contributed by atoms with E-state index in [0.29, 0.717) is 23.5 Å². The SMILES string of the molecule is CCNC(C)C(CC)c1nc(-c2ncccc2Br)no1. The Labute approximate surface area is 127 Å². The number of nitrogens with zero attached hydrogens (tertiary/aromatic N) is 3. The topological polar surface area (TPSA) is 63.8 Å². The lowest BCUT2D eigenvalue weighted by Crippen LogP contribution is -2.31. The highest BCUT2D eigenvalue weighted by Gasteiger charge is 2.24. The molecule has 0 fully saturated rings. The summed E-state index contributed by atoms with van der Waals surface area (Å²) < 4.78 is 6.29. The second-order valence-electron chi connectivity index (χ2n) is 4.65. The first kappa shape index (κ1) is 15.1. The molecule has 2 atom stereocenters. The van der Waals surface area contributed by atoms with Gasteiger partial charge in [-0.05, 0) is 48.0 Å². The van der Waals surface area contributed by atoms with E-state index in [2.05, 4.69) is 57.1 Å². The van der Waals surface area contributed by atoms with E-state index < -0.39 is 0 Å². The molecule has 0 aliphatic heterocycles. The van der Waals surface area contributed by atoms with Crippen molar-refractivity contribution in [1.29, 1.82) is 0 Å². The molecule has 0 spiro atoms. The van der Waals surface area contributed by atoms with Crippen molar-refractivity contribution in [2.24, 2.45) is 0 Å². The van der Waals surface area contributed by atoms with Crippen LogP contribution in [0.5, 0.6) is 0 Å². The fraction of sp³-hybridized carbons (Fsp3) is 0.500. The van der Waals surface area contributed by atoms with E-state index in [4.69, 9.17) is 4.52 Å². The Morgan fingerprint density at radius 2 is 2.20 bits per heavy atom. The van der Waals surface area contributed by atoms with E-state index in [1.54, 1.807) is 6.20 Å². The Morgan fingerprint density at radius 3 is 2.85 bits per heavy atom. The summed E-state index contributed by atoms with van der Waals surface area (Å²) in [4.78, 5) is 8.79. The number of aromatic nitrogens is 3. The minimum Gasteiger partial charge on any atom is -0.339 e. The molecule has 0 saturated carbocycles. The first-order chi connectivity index (χ1) is 9.67. The van der Waals surface area contributed by atoms with Gasteiger partial charge in [-0.25, -0.2) is 0 Å². The first-order valence-corrected chi connectivity index (χ1v) is 7.64. The molecule has 2 unspecified atom stereocenters. The summed E-state index contributed by atoms with van der Waals surface area (Å²) in [5, 5.41) is 7.45. The Morgan fingerprint density at radius 1 is 1.40 bits per heavy atom. The van der Waals surface area contributed by atoms with Crippen molar-refractivity contribution < 1.29 is 4.52 Å². The van der Waals surface area contributed by atoms with Crippen LogP contribution < -0.4 is 5.32 Å². The average Bonchev–Trinajstić information content (AvgIpc) is 2.90. The maximum atomic E-state index is 5.43. The summed E-state index contributed by atoms with van der Waals surface area (Å²) in [6.45, 7) is 7.27. The molecule has 0 aromatic carbocycles. The molecule has 2 aromatic heterocycles. The van der Waals surface area contributed by atoms with Crippen molar-refractivity contribution in [3.63, 3.8) is 0 Å². The molecule has 20 heavy (non-hydrogen) atoms. The van der Waals surface area contributed by atoms with Gasteiger partial charge < -0.3 is 9.84 Å². The van der Waals surface area contributed by atoms with Crippen molar-refractivity contribution in [1.82, 2.24) is 20.4 Å². The summed E-state index contributed by atoms with van der Waals surface area (Å²) in [5.41, 5.74) is 0.702. The number of likely N-dealkylation sites (N-methyl/N-ethyl adjacent to an activating group) is 1. The molecule has 108 valence electrons. The molecule has 5 nitrogen and oxygen atoms in total. The van der Waals surface area contributed by atoms with Crippen LogP contribution >= 0.6 is 15.9 Å². The van der Waals surface area contributed by atoms with Crippen LogP contribution in [0.15, 0.2) is 27.3 Å². The fourth-order valence-corrected chi connectivity index (χ4v) is 2.67. The Kier molecular flexibility index (Phi) is 5.25. The van der Waals surface area contributed by atoms with Crippen molar-refractivity contribution in [3.05, 3.63) is 28.7 Å². The molecule has 0 aliphatic carbocycles. The predicted octanol–water partition coefficient (Wildman–Crippen LogP) is 3.39. The standard InChI is InChI=1S/C14H19BrN4O/c1-4-10(9(3)16-5-2)14-18-13(19-20-14)12-11(15)7-6-8-17-12/h6-10,16H,4-5H2,1-3H3. The fourth-order valence-electron chi connectivity index (χ4n) is 2.24. The van der Waals surface area contributed by atoms with Crippen LogP contribution in [0.25, 0.3) is 11.5 Å². The number of hydrogen-bond acceptors (Lipinski definition) is 5. The van der Waals surface area contributed by atoms with Crippen molar-refractivity contribution in [3.8, 4) is 11.5 Å². The molecule has 0 saturated heterocycles. The highest BCUT2D eigenvalue weighted by molar-refractivity contribution is 9.10. The maximum Gasteiger partial charge on any atom is 0.231 e. The Hall–Kier alpha value is -1.27. The zero-order valence-electron chi connectivity index (χ0n) is 11.9. The molecule has 0 aliphatic rings. The van der Waals surface area contributed by atoms with Gasteiger partial charge in [0.1, 0.15) is 5.69 Å². The number of pyridine rings is 1. The molecule has 2 aromatic rings. The van der Waals surface area contributed by atoms with Gasteiger partial charge in [0, 0.05) is 16.7 Å². The van der Waals surface area contributed by atoms with Crippen LogP contribution in [-0.4, -0.2) is 27.7 Å². The number of nitrogens with one attached hydrogen (secondary N) is 1. The van der Waals surface area contributed by atoms with Crippen LogP contribution in [0.3, 0.4) is 0 Å². The van der Waals surface area contributed by atoms with E-state index in [1.165, 1.54) is 0 Å². The molecular formula is C14H19BrN4O. The lowest BCUT2D eigenvalue weighted by Gasteiger charge is -2.19. The van der Waals surface area contributed by atoms with Gasteiger partial charge in [0.05, 0.1) is 5.92 Å². The van der Waals surface area contributed by atoms with Gasteiger partial charge in [-0.2, -0.15) is 4.98 Å². The molecule has 1 N–H and O–H groups in total. The van der Waals surface area contributed by atoms with Crippen LogP contribution in [0, 0.1) is 0 Å². The van der Waals surface area contributed by atoms with Crippen molar-refractivity contribution in [2.45, 2.75) is 39.2 Å². The lowest BCUT2D eigenvalue weighted by molar-refractivity contribution is 0.318. The first-order valence-electron chi connectivity index (χ1n) is 6.85. The second kappa shape index (κ2) is 6.95. The zero-order chi connectivity index (χ0) is 14.5. The third kappa shape index (κ3) is 3.24. The summed E-state index contributed by atoms with van der Waals surface area (Å²) in [6.07, 6.45) is 2.66. The highest BCUT2D eigenvalue weighted by Crippen LogP contribution is 2.27. The van der Waals surface area contributed by atoms with Gasteiger partial charge in [0.25, 0.3) is 0 Å². The third-order valence-corrected chi connectivity index (χ3v) is 3.94. The van der Waals surface area contributed by atoms with Crippen LogP contribution in [0.1, 0.15) is 39.0 Å². The molecule has 0 bridgehead atoms. The Balaban J connectivity index is 2.26. The third-order valence-electron chi connectivity index (χ3n) is 3.30. The Bertz CT molecular complexity index is 558. The minimum atomic E-state index is 0.207. The molecule has 0 amide bonds. The largest absolute Gasteiger partial charge is 0.339 e. The lowest BCUT2D eigenvalue weighted by atomic mass is 9.98. The smallest absolute Gasteiger partial charge is 0.231 e. The van der Waals surface area contributed by atoms with Crippen molar-refractivity contribution >= 4 is 15.9 Å². The number of rotatable bonds is 6. The minimum absolute atomic E-state index is 0.207. The monoisotopic (exact) mass is 338 g/mol. The summed E-state index contributed by atoms with van der Waals surface area (Å²) in [5.74, 6) is 1.39. The summed E-state index contributed by atoms with van der Waals surface area (Å²) >= 11 is 3.45. The molecule has 6 heteroatoms. The van der Waals surface area contributed by atoms with Crippen molar-refractivity contribution in [2.75, 3.05) is 6.54 Å². The van der Waals surface area contributed by atoms with Crippen LogP contribution in [-0.2, 0) is 0 Å². The van der Waals surface area contributed by atoms with E-state index >= 15 is 0 Å². The van der Waals surface area contributed by atoms with Crippen LogP contribution in [0.2, 0.25) is 0 Å². The predicted molar refractivity (Wildman–Crippen MR) is 81.4 cm³/mol. The zero-order valence-corrected chi connectivity index (χ0v) is 13.5. The van der Waals surface area contributed by atoms with Crippen LogP contribution in [0.4, 0.5) is 0 Å². The maximum absolute atomic E-state index is 5.43. The summed E-state index contributed by atoms with van der Waals surface area (Å²) in [6, 6.07) is 4.07. The van der Waals surface area contributed by atoms with Gasteiger partial charge in [-0.15, -0.1) is 0 Å². The normalized spacial score (nSPS) is 14.2. The molecule has 2 rings (SSSR count). The van der Waals surface area contributed by atoms with E-state index in [9.17, 15) is 0 Å². The molecular weight excluding hydrogens is 320 g/mol. The molecule has 2 heterocycles. The van der Waals surface area contributed by atoms with E-state index in [0.717, 1.165) is 17.4 Å². The van der Waals surface area contributed by atoms with Gasteiger partial charge in [0.2, 0.25) is 11.7 Å². The average molecular weight is 339 g/mol. The van der Waals surface area contributed by atoms with Gasteiger partial charge in [-0.3, -0.25) is 4.98 Å². The van der Waals surface area contributed by atoms with E-state index in [-0.39, 0.29) is 5.92 Å². The van der Waals surface area contributed by atoms with Gasteiger partial charge in [-0.1, -0.05) is 19.0 Å².